The molecule has 0 aromatic carbocycles. The Morgan fingerprint density at radius 1 is 1.73 bits per heavy atom. The van der Waals surface area contributed by atoms with E-state index in [1.165, 1.54) is 0 Å². The van der Waals surface area contributed by atoms with Crippen molar-refractivity contribution in [2.24, 2.45) is 0 Å². The summed E-state index contributed by atoms with van der Waals surface area (Å²) in [5.74, 6) is 0. The maximum Gasteiger partial charge on any atom is 0.0687 e. The first-order valence-corrected chi connectivity index (χ1v) is 3.49. The van der Waals surface area contributed by atoms with Crippen molar-refractivity contribution in [1.29, 1.82) is 0 Å². The lowest BCUT2D eigenvalue weighted by Crippen LogP contribution is -1.96. The molecule has 0 atom stereocenters. The minimum absolute atomic E-state index is 0.910. The van der Waals surface area contributed by atoms with Crippen LogP contribution in [0.1, 0.15) is 18.2 Å². The van der Waals surface area contributed by atoms with Gasteiger partial charge >= 0.3 is 0 Å². The number of aryl methyl sites for hydroxylation is 1. The van der Waals surface area contributed by atoms with E-state index in [2.05, 4.69) is 18.3 Å². The summed E-state index contributed by atoms with van der Waals surface area (Å²) in [5, 5.41) is 4.13. The number of hydrogen-bond acceptors (Lipinski definition) is 1. The van der Waals surface area contributed by atoms with Gasteiger partial charge in [-0.05, 0) is 25.5 Å². The Balaban J connectivity index is 3.26. The fourth-order valence-electron chi connectivity index (χ4n) is 0.991. The molecular weight excluding hydrogens is 136 g/mol. The quantitative estimate of drug-likeness (QED) is 0.629. The molecule has 1 rings (SSSR count). The van der Waals surface area contributed by atoms with E-state index in [4.69, 9.17) is 0 Å². The molecule has 0 amide bonds. The highest BCUT2D eigenvalue weighted by Crippen LogP contribution is 2.11. The van der Waals surface area contributed by atoms with E-state index in [1.54, 1.807) is 10.8 Å². The molecule has 58 valence electrons. The molecule has 0 bridgehead atoms. The van der Waals surface area contributed by atoms with Crippen molar-refractivity contribution >= 4 is 11.8 Å². The van der Waals surface area contributed by atoms with E-state index in [-0.39, 0.29) is 0 Å². The number of aromatic nitrogens is 2. The second-order valence-corrected chi connectivity index (χ2v) is 2.56. The van der Waals surface area contributed by atoms with Crippen LogP contribution in [0.25, 0.3) is 11.8 Å². The lowest BCUT2D eigenvalue weighted by Gasteiger charge is -2.01. The van der Waals surface area contributed by atoms with Gasteiger partial charge in [0.15, 0.2) is 0 Å². The van der Waals surface area contributed by atoms with Crippen LogP contribution in [-0.2, 0) is 0 Å². The maximum atomic E-state index is 4.13. The van der Waals surface area contributed by atoms with Crippen molar-refractivity contribution in [3.63, 3.8) is 0 Å². The Morgan fingerprint density at radius 2 is 2.36 bits per heavy atom. The van der Waals surface area contributed by atoms with Crippen molar-refractivity contribution < 1.29 is 0 Å². The van der Waals surface area contributed by atoms with Gasteiger partial charge in [-0.25, -0.2) is 4.68 Å². The molecule has 0 aliphatic rings. The highest BCUT2D eigenvalue weighted by atomic mass is 15.3. The second-order valence-electron chi connectivity index (χ2n) is 2.56. The lowest BCUT2D eigenvalue weighted by atomic mass is 10.3. The molecular formula is C9H12N2. The zero-order chi connectivity index (χ0) is 8.43. The molecule has 0 N–H and O–H groups in total. The molecule has 0 saturated heterocycles. The van der Waals surface area contributed by atoms with Gasteiger partial charge in [0.1, 0.15) is 0 Å². The zero-order valence-electron chi connectivity index (χ0n) is 6.96. The van der Waals surface area contributed by atoms with Crippen LogP contribution >= 0.6 is 0 Å². The number of hydrogen-bond donors (Lipinski definition) is 0. The van der Waals surface area contributed by atoms with Crippen LogP contribution in [0, 0.1) is 6.92 Å². The van der Waals surface area contributed by atoms with E-state index < -0.39 is 0 Å². The van der Waals surface area contributed by atoms with Crippen LogP contribution in [-0.4, -0.2) is 9.78 Å². The van der Waals surface area contributed by atoms with Crippen molar-refractivity contribution in [1.82, 2.24) is 9.78 Å². The summed E-state index contributed by atoms with van der Waals surface area (Å²) in [6.45, 7) is 11.4. The van der Waals surface area contributed by atoms with E-state index in [0.29, 0.717) is 0 Å². The summed E-state index contributed by atoms with van der Waals surface area (Å²) in [5.41, 5.74) is 3.06. The number of rotatable bonds is 2. The zero-order valence-corrected chi connectivity index (χ0v) is 6.96. The molecule has 0 spiro atoms. The molecule has 1 aromatic heterocycles. The fourth-order valence-corrected chi connectivity index (χ4v) is 0.991. The average Bonchev–Trinajstić information content (AvgIpc) is 2.30. The van der Waals surface area contributed by atoms with Crippen molar-refractivity contribution in [3.8, 4) is 0 Å². The first kappa shape index (κ1) is 7.79. The first-order valence-electron chi connectivity index (χ1n) is 3.49. The molecule has 0 aliphatic heterocycles. The van der Waals surface area contributed by atoms with Crippen LogP contribution in [0.5, 0.6) is 0 Å². The molecule has 2 nitrogen and oxygen atoms in total. The molecule has 11 heavy (non-hydrogen) atoms. The van der Waals surface area contributed by atoms with E-state index in [9.17, 15) is 0 Å². The van der Waals surface area contributed by atoms with E-state index in [0.717, 1.165) is 17.0 Å². The highest BCUT2D eigenvalue weighted by molar-refractivity contribution is 5.53. The third-order valence-corrected chi connectivity index (χ3v) is 1.55. The molecule has 0 radical (unpaired) electrons. The summed E-state index contributed by atoms with van der Waals surface area (Å²) in [7, 11) is 0. The van der Waals surface area contributed by atoms with E-state index >= 15 is 0 Å². The van der Waals surface area contributed by atoms with Gasteiger partial charge in [0.2, 0.25) is 0 Å². The fraction of sp³-hybridized carbons (Fsp3) is 0.222. The van der Waals surface area contributed by atoms with Gasteiger partial charge in [0.25, 0.3) is 0 Å². The minimum Gasteiger partial charge on any atom is -0.238 e. The maximum absolute atomic E-state index is 4.13. The van der Waals surface area contributed by atoms with Gasteiger partial charge < -0.3 is 0 Å². The smallest absolute Gasteiger partial charge is 0.0687 e. The van der Waals surface area contributed by atoms with Crippen LogP contribution in [0.3, 0.4) is 0 Å². The number of allylic oxidation sites excluding steroid dienone is 1. The summed E-state index contributed by atoms with van der Waals surface area (Å²) < 4.78 is 1.78. The standard InChI is InChI=1S/C9H12N2/c1-5-9-8(4)6-10-11(9)7(2)3/h5-6H,1-2H2,3-4H3. The van der Waals surface area contributed by atoms with Gasteiger partial charge in [0.05, 0.1) is 11.9 Å². The Bertz CT molecular complexity index is 295. The Labute approximate surface area is 66.8 Å². The van der Waals surface area contributed by atoms with Crippen LogP contribution in [0.4, 0.5) is 0 Å². The molecule has 1 heterocycles. The average molecular weight is 148 g/mol. The third kappa shape index (κ3) is 1.24. The van der Waals surface area contributed by atoms with Crippen molar-refractivity contribution in [2.45, 2.75) is 13.8 Å². The summed E-state index contributed by atoms with van der Waals surface area (Å²) >= 11 is 0. The molecule has 1 aromatic rings. The second kappa shape index (κ2) is 2.74. The SMILES string of the molecule is C=Cc1c(C)cnn1C(=C)C. The van der Waals surface area contributed by atoms with Crippen LogP contribution in [0.2, 0.25) is 0 Å². The van der Waals surface area contributed by atoms with Gasteiger partial charge in [-0.3, -0.25) is 0 Å². The Morgan fingerprint density at radius 3 is 2.73 bits per heavy atom. The Hall–Kier alpha value is -1.31. The summed E-state index contributed by atoms with van der Waals surface area (Å²) in [4.78, 5) is 0. The van der Waals surface area contributed by atoms with Crippen molar-refractivity contribution in [3.05, 3.63) is 30.6 Å². The summed E-state index contributed by atoms with van der Waals surface area (Å²) in [6.07, 6.45) is 3.60. The molecule has 0 fully saturated rings. The highest BCUT2D eigenvalue weighted by Gasteiger charge is 2.02. The van der Waals surface area contributed by atoms with E-state index in [1.807, 2.05) is 20.0 Å². The normalized spacial score (nSPS) is 9.64. The first-order chi connectivity index (χ1) is 5.16. The monoisotopic (exact) mass is 148 g/mol. The molecule has 2 heteroatoms. The van der Waals surface area contributed by atoms with Gasteiger partial charge in [0, 0.05) is 5.70 Å². The molecule has 0 saturated carbocycles. The van der Waals surface area contributed by atoms with Crippen LogP contribution in [0.15, 0.2) is 19.4 Å². The minimum atomic E-state index is 0.910. The molecule has 0 unspecified atom stereocenters. The largest absolute Gasteiger partial charge is 0.238 e. The topological polar surface area (TPSA) is 17.8 Å². The molecule has 0 aliphatic carbocycles. The number of nitrogens with zero attached hydrogens (tertiary/aromatic N) is 2. The Kier molecular flexibility index (Phi) is 1.94. The third-order valence-electron chi connectivity index (χ3n) is 1.55. The predicted molar refractivity (Wildman–Crippen MR) is 48.1 cm³/mol. The van der Waals surface area contributed by atoms with Crippen LogP contribution < -0.4 is 0 Å². The predicted octanol–water partition coefficient (Wildman–Crippen LogP) is 2.33. The van der Waals surface area contributed by atoms with Gasteiger partial charge in [-0.15, -0.1) is 0 Å². The summed E-state index contributed by atoms with van der Waals surface area (Å²) in [6, 6.07) is 0. The van der Waals surface area contributed by atoms with Gasteiger partial charge in [-0.1, -0.05) is 13.2 Å². The van der Waals surface area contributed by atoms with Crippen molar-refractivity contribution in [2.75, 3.05) is 0 Å². The van der Waals surface area contributed by atoms with Gasteiger partial charge in [-0.2, -0.15) is 5.10 Å². The lowest BCUT2D eigenvalue weighted by molar-refractivity contribution is 0.888.